The first-order valence-electron chi connectivity index (χ1n) is 11.2. The Morgan fingerprint density at radius 2 is 1.88 bits per heavy atom. The molecule has 11 heteroatoms. The Morgan fingerprint density at radius 3 is 2.55 bits per heavy atom. The van der Waals surface area contributed by atoms with Crippen molar-refractivity contribution in [3.8, 4) is 0 Å². The molecule has 0 atom stereocenters. The normalized spacial score (nSPS) is 10.9. The Bertz CT molecular complexity index is 1120. The van der Waals surface area contributed by atoms with Gasteiger partial charge in [0.1, 0.15) is 16.2 Å². The fraction of sp³-hybridized carbons (Fsp3) is 0.545. The summed E-state index contributed by atoms with van der Waals surface area (Å²) in [5, 5.41) is 5.22. The average Bonchev–Trinajstić information content (AvgIpc) is 2.80. The molecule has 2 aromatic rings. The van der Waals surface area contributed by atoms with Gasteiger partial charge in [-0.25, -0.2) is 19.6 Å². The highest BCUT2D eigenvalue weighted by Gasteiger charge is 2.19. The molecule has 33 heavy (non-hydrogen) atoms. The van der Waals surface area contributed by atoms with Crippen LogP contribution in [0.1, 0.15) is 51.8 Å². The van der Waals surface area contributed by atoms with E-state index in [-0.39, 0.29) is 23.3 Å². The minimum Gasteiger partial charge on any atom is -0.334 e. The Hall–Kier alpha value is -2.95. The number of carbonyl (C=O) groups excluding carboxylic acids is 2. The molecule has 2 aromatic heterocycles. The number of imide groups is 1. The largest absolute Gasteiger partial charge is 0.334 e. The number of aryl methyl sites for hydroxylation is 2. The zero-order chi connectivity index (χ0) is 24.4. The number of hydrogen-bond acceptors (Lipinski definition) is 7. The lowest BCUT2D eigenvalue weighted by Gasteiger charge is -2.14. The first kappa shape index (κ1) is 26.3. The van der Waals surface area contributed by atoms with Crippen LogP contribution in [-0.4, -0.2) is 43.3 Å². The van der Waals surface area contributed by atoms with Gasteiger partial charge in [0.2, 0.25) is 5.91 Å². The molecular formula is C22H32N6O4S. The highest BCUT2D eigenvalue weighted by molar-refractivity contribution is 8.00. The van der Waals surface area contributed by atoms with E-state index in [0.29, 0.717) is 30.2 Å². The zero-order valence-electron chi connectivity index (χ0n) is 19.5. The predicted octanol–water partition coefficient (Wildman–Crippen LogP) is 2.13. The molecule has 10 nitrogen and oxygen atoms in total. The Morgan fingerprint density at radius 1 is 1.12 bits per heavy atom. The highest BCUT2D eigenvalue weighted by atomic mass is 32.2. The van der Waals surface area contributed by atoms with E-state index in [1.54, 1.807) is 0 Å². The molecule has 0 aliphatic carbocycles. The van der Waals surface area contributed by atoms with Crippen LogP contribution in [0.3, 0.4) is 0 Å². The number of rotatable bonds is 12. The second-order valence-electron chi connectivity index (χ2n) is 7.59. The summed E-state index contributed by atoms with van der Waals surface area (Å²) >= 11 is 1.05. The smallest absolute Gasteiger partial charge is 0.332 e. The molecule has 0 aliphatic heterocycles. The quantitative estimate of drug-likeness (QED) is 0.208. The van der Waals surface area contributed by atoms with Gasteiger partial charge in [0.25, 0.3) is 5.56 Å². The molecule has 0 bridgehead atoms. The van der Waals surface area contributed by atoms with Gasteiger partial charge in [-0.15, -0.1) is 6.58 Å². The van der Waals surface area contributed by atoms with Crippen LogP contribution in [0.5, 0.6) is 0 Å². The number of amides is 3. The number of nitrogens with zero attached hydrogens (tertiary/aromatic N) is 4. The van der Waals surface area contributed by atoms with E-state index in [1.165, 1.54) is 17.7 Å². The summed E-state index contributed by atoms with van der Waals surface area (Å²) in [7, 11) is 1.42. The molecule has 0 spiro atoms. The van der Waals surface area contributed by atoms with Gasteiger partial charge < -0.3 is 5.32 Å². The van der Waals surface area contributed by atoms with Crippen LogP contribution in [0.4, 0.5) is 4.79 Å². The van der Waals surface area contributed by atoms with E-state index in [2.05, 4.69) is 34.1 Å². The molecule has 0 unspecified atom stereocenters. The van der Waals surface area contributed by atoms with E-state index in [4.69, 9.17) is 0 Å². The highest BCUT2D eigenvalue weighted by Crippen LogP contribution is 2.23. The molecule has 2 heterocycles. The van der Waals surface area contributed by atoms with Crippen molar-refractivity contribution in [1.82, 2.24) is 29.7 Å². The maximum absolute atomic E-state index is 13.0. The van der Waals surface area contributed by atoms with Crippen LogP contribution < -0.4 is 21.9 Å². The van der Waals surface area contributed by atoms with Gasteiger partial charge in [-0.3, -0.25) is 24.0 Å². The summed E-state index contributed by atoms with van der Waals surface area (Å²) in [4.78, 5) is 58.8. The molecule has 3 amide bonds. The lowest BCUT2D eigenvalue weighted by atomic mass is 10.1. The second-order valence-corrected chi connectivity index (χ2v) is 8.55. The fourth-order valence-corrected chi connectivity index (χ4v) is 4.07. The number of aromatic nitrogens is 4. The van der Waals surface area contributed by atoms with E-state index >= 15 is 0 Å². The van der Waals surface area contributed by atoms with Gasteiger partial charge in [0, 0.05) is 26.6 Å². The van der Waals surface area contributed by atoms with Crippen molar-refractivity contribution in [2.24, 2.45) is 7.05 Å². The number of hydrogen-bond donors (Lipinski definition) is 2. The van der Waals surface area contributed by atoms with Crippen molar-refractivity contribution in [1.29, 1.82) is 0 Å². The van der Waals surface area contributed by atoms with E-state index in [0.717, 1.165) is 42.0 Å². The van der Waals surface area contributed by atoms with Gasteiger partial charge in [0.15, 0.2) is 5.65 Å². The number of thioether (sulfide) groups is 1. The summed E-state index contributed by atoms with van der Waals surface area (Å²) in [5.74, 6) is -0.127. The summed E-state index contributed by atoms with van der Waals surface area (Å²) < 4.78 is 2.52. The Balaban J connectivity index is 2.43. The SMILES string of the molecule is C=CCNC(=O)NC(=O)CSc1nc(CCCCCC)nc2c1c(=O)n(C)c(=O)n2CCC. The van der Waals surface area contributed by atoms with Crippen LogP contribution in [0.15, 0.2) is 27.3 Å². The summed E-state index contributed by atoms with van der Waals surface area (Å²) in [6.45, 7) is 8.20. The first-order valence-corrected chi connectivity index (χ1v) is 12.1. The van der Waals surface area contributed by atoms with Crippen molar-refractivity contribution >= 4 is 34.7 Å². The molecule has 180 valence electrons. The molecule has 0 radical (unpaired) electrons. The van der Waals surface area contributed by atoms with Crippen molar-refractivity contribution < 1.29 is 9.59 Å². The number of unbranched alkanes of at least 4 members (excludes halogenated alkanes) is 3. The Labute approximate surface area is 196 Å². The number of fused-ring (bicyclic) bond motifs is 1. The summed E-state index contributed by atoms with van der Waals surface area (Å²) in [6.07, 6.45) is 6.91. The summed E-state index contributed by atoms with van der Waals surface area (Å²) in [5.41, 5.74) is -0.652. The number of nitrogens with one attached hydrogen (secondary N) is 2. The average molecular weight is 477 g/mol. The predicted molar refractivity (Wildman–Crippen MR) is 130 cm³/mol. The van der Waals surface area contributed by atoms with Gasteiger partial charge in [-0.05, 0) is 12.8 Å². The van der Waals surface area contributed by atoms with Gasteiger partial charge >= 0.3 is 11.7 Å². The van der Waals surface area contributed by atoms with Gasteiger partial charge in [-0.2, -0.15) is 0 Å². The van der Waals surface area contributed by atoms with Crippen LogP contribution in [0.2, 0.25) is 0 Å². The molecule has 0 aromatic carbocycles. The van der Waals surface area contributed by atoms with Crippen LogP contribution >= 0.6 is 11.8 Å². The van der Waals surface area contributed by atoms with Crippen LogP contribution in [0, 0.1) is 0 Å². The molecule has 2 rings (SSSR count). The molecular weight excluding hydrogens is 444 g/mol. The third-order valence-corrected chi connectivity index (χ3v) is 5.87. The fourth-order valence-electron chi connectivity index (χ4n) is 3.24. The minimum atomic E-state index is -0.627. The van der Waals surface area contributed by atoms with E-state index in [1.807, 2.05) is 6.92 Å². The molecule has 0 aliphatic rings. The first-order chi connectivity index (χ1) is 15.8. The standard InChI is InChI=1S/C22H32N6O4S/c1-5-8-9-10-11-15-24-18-17(20(30)27(4)22(32)28(18)13-7-3)19(25-15)33-14-16(29)26-21(31)23-12-6-2/h6H,2,5,7-14H2,1,3-4H3,(H2,23,26,29,31). The van der Waals surface area contributed by atoms with Gasteiger partial charge in [0.05, 0.1) is 5.75 Å². The maximum Gasteiger partial charge on any atom is 0.332 e. The summed E-state index contributed by atoms with van der Waals surface area (Å²) in [6, 6.07) is -0.627. The lowest BCUT2D eigenvalue weighted by molar-refractivity contribution is -0.117. The van der Waals surface area contributed by atoms with Gasteiger partial charge in [-0.1, -0.05) is 50.9 Å². The molecule has 0 saturated carbocycles. The maximum atomic E-state index is 13.0. The Kier molecular flexibility index (Phi) is 10.3. The third-order valence-electron chi connectivity index (χ3n) is 4.90. The molecule has 2 N–H and O–H groups in total. The zero-order valence-corrected chi connectivity index (χ0v) is 20.3. The number of carbonyl (C=O) groups is 2. The monoisotopic (exact) mass is 476 g/mol. The van der Waals surface area contributed by atoms with Crippen molar-refractivity contribution in [3.63, 3.8) is 0 Å². The van der Waals surface area contributed by atoms with E-state index in [9.17, 15) is 19.2 Å². The molecule has 0 saturated heterocycles. The molecule has 0 fully saturated rings. The minimum absolute atomic E-state index is 0.126. The van der Waals surface area contributed by atoms with Crippen LogP contribution in [-0.2, 0) is 24.8 Å². The second kappa shape index (κ2) is 12.9. The lowest BCUT2D eigenvalue weighted by Crippen LogP contribution is -2.40. The van der Waals surface area contributed by atoms with Crippen LogP contribution in [0.25, 0.3) is 11.0 Å². The number of urea groups is 1. The third kappa shape index (κ3) is 7.01. The van der Waals surface area contributed by atoms with Crippen molar-refractivity contribution in [2.45, 2.75) is 63.9 Å². The topological polar surface area (TPSA) is 128 Å². The van der Waals surface area contributed by atoms with Crippen molar-refractivity contribution in [2.75, 3.05) is 12.3 Å². The van der Waals surface area contributed by atoms with E-state index < -0.39 is 23.2 Å². The van der Waals surface area contributed by atoms with Crippen molar-refractivity contribution in [3.05, 3.63) is 39.3 Å².